The number of rotatable bonds is 2. The maximum absolute atomic E-state index is 11.8. The molecule has 0 unspecified atom stereocenters. The van der Waals surface area contributed by atoms with Gasteiger partial charge in [0.1, 0.15) is 5.58 Å². The molecule has 3 rings (SSSR count). The summed E-state index contributed by atoms with van der Waals surface area (Å²) in [6, 6.07) is 15.6. The normalized spacial score (nSPS) is 11.2. The lowest BCUT2D eigenvalue weighted by molar-refractivity contribution is 0.469. The van der Waals surface area contributed by atoms with E-state index < -0.39 is 5.63 Å². The predicted molar refractivity (Wildman–Crippen MR) is 74.8 cm³/mol. The molecule has 0 aliphatic heterocycles. The van der Waals surface area contributed by atoms with Gasteiger partial charge in [0.15, 0.2) is 5.75 Å². The second kappa shape index (κ2) is 4.97. The third kappa shape index (κ3) is 2.16. The van der Waals surface area contributed by atoms with Crippen molar-refractivity contribution in [1.82, 2.24) is 0 Å². The Morgan fingerprint density at radius 3 is 2.40 bits per heavy atom. The molecule has 5 heteroatoms. The molecule has 0 aliphatic rings. The van der Waals surface area contributed by atoms with Gasteiger partial charge in [0.05, 0.1) is 11.1 Å². The Labute approximate surface area is 113 Å². The van der Waals surface area contributed by atoms with Gasteiger partial charge < -0.3 is 9.52 Å². The first kappa shape index (κ1) is 12.1. The summed E-state index contributed by atoms with van der Waals surface area (Å²) < 4.78 is 5.09. The second-order valence-corrected chi connectivity index (χ2v) is 4.12. The van der Waals surface area contributed by atoms with Gasteiger partial charge in [-0.3, -0.25) is 0 Å². The van der Waals surface area contributed by atoms with E-state index in [1.54, 1.807) is 48.5 Å². The van der Waals surface area contributed by atoms with E-state index in [0.717, 1.165) is 0 Å². The van der Waals surface area contributed by atoms with Crippen LogP contribution in [0.5, 0.6) is 5.75 Å². The lowest BCUT2D eigenvalue weighted by Crippen LogP contribution is -1.98. The molecule has 98 valence electrons. The van der Waals surface area contributed by atoms with Crippen molar-refractivity contribution in [2.24, 2.45) is 10.2 Å². The van der Waals surface area contributed by atoms with E-state index in [2.05, 4.69) is 10.2 Å². The van der Waals surface area contributed by atoms with Crippen LogP contribution in [0, 0.1) is 0 Å². The average Bonchev–Trinajstić information content (AvgIpc) is 2.48. The molecule has 0 atom stereocenters. The number of para-hydroxylation sites is 1. The van der Waals surface area contributed by atoms with Crippen molar-refractivity contribution >= 4 is 22.3 Å². The average molecular weight is 266 g/mol. The highest BCUT2D eigenvalue weighted by atomic mass is 16.4. The number of nitrogens with zero attached hydrogens (tertiary/aromatic N) is 2. The largest absolute Gasteiger partial charge is 0.505 e. The van der Waals surface area contributed by atoms with Gasteiger partial charge in [0, 0.05) is 0 Å². The first-order valence-corrected chi connectivity index (χ1v) is 5.97. The second-order valence-electron chi connectivity index (χ2n) is 4.12. The smallest absolute Gasteiger partial charge is 0.368 e. The SMILES string of the molecule is O=c1oc2ccccc2c(O)c1N=Nc1ccccc1. The standard InChI is InChI=1S/C15H10N2O3/c18-14-11-8-4-5-9-12(11)20-15(19)13(14)17-16-10-6-2-1-3-7-10/h1-9,18H. The molecule has 0 spiro atoms. The molecule has 0 saturated carbocycles. The van der Waals surface area contributed by atoms with Crippen molar-refractivity contribution < 1.29 is 9.52 Å². The van der Waals surface area contributed by atoms with E-state index >= 15 is 0 Å². The van der Waals surface area contributed by atoms with Crippen LogP contribution in [0.15, 0.2) is 74.0 Å². The Kier molecular flexibility index (Phi) is 3.01. The molecular weight excluding hydrogens is 256 g/mol. The van der Waals surface area contributed by atoms with Gasteiger partial charge in [-0.1, -0.05) is 30.3 Å². The molecule has 20 heavy (non-hydrogen) atoms. The number of azo groups is 1. The summed E-state index contributed by atoms with van der Waals surface area (Å²) in [7, 11) is 0. The molecule has 0 radical (unpaired) electrons. The third-order valence-electron chi connectivity index (χ3n) is 2.78. The van der Waals surface area contributed by atoms with E-state index in [4.69, 9.17) is 4.42 Å². The van der Waals surface area contributed by atoms with E-state index in [1.807, 2.05) is 6.07 Å². The van der Waals surface area contributed by atoms with Crippen molar-refractivity contribution in [2.45, 2.75) is 0 Å². The first-order chi connectivity index (χ1) is 9.75. The number of hydrogen-bond acceptors (Lipinski definition) is 5. The zero-order valence-electron chi connectivity index (χ0n) is 10.4. The Balaban J connectivity index is 2.12. The minimum absolute atomic E-state index is 0.201. The van der Waals surface area contributed by atoms with Crippen molar-refractivity contribution in [3.05, 3.63) is 65.0 Å². The van der Waals surface area contributed by atoms with Gasteiger partial charge >= 0.3 is 5.63 Å². The minimum atomic E-state index is -0.721. The van der Waals surface area contributed by atoms with E-state index in [9.17, 15) is 9.90 Å². The summed E-state index contributed by atoms with van der Waals surface area (Å²) in [6.45, 7) is 0. The molecule has 0 fully saturated rings. The molecule has 3 aromatic rings. The van der Waals surface area contributed by atoms with Crippen LogP contribution in [0.1, 0.15) is 0 Å². The quantitative estimate of drug-likeness (QED) is 0.564. The molecule has 5 nitrogen and oxygen atoms in total. The highest BCUT2D eigenvalue weighted by molar-refractivity contribution is 5.87. The number of benzene rings is 2. The van der Waals surface area contributed by atoms with Gasteiger partial charge in [-0.15, -0.1) is 5.11 Å². The van der Waals surface area contributed by atoms with E-state index in [0.29, 0.717) is 16.7 Å². The Morgan fingerprint density at radius 1 is 0.900 bits per heavy atom. The van der Waals surface area contributed by atoms with Crippen LogP contribution in [0.25, 0.3) is 11.0 Å². The Morgan fingerprint density at radius 2 is 1.60 bits per heavy atom. The van der Waals surface area contributed by atoms with Crippen molar-refractivity contribution in [3.63, 3.8) is 0 Å². The summed E-state index contributed by atoms with van der Waals surface area (Å²) >= 11 is 0. The highest BCUT2D eigenvalue weighted by Crippen LogP contribution is 2.32. The maximum Gasteiger partial charge on any atom is 0.368 e. The van der Waals surface area contributed by atoms with Crippen LogP contribution in [0.3, 0.4) is 0 Å². The number of fused-ring (bicyclic) bond motifs is 1. The summed E-state index contributed by atoms with van der Waals surface area (Å²) in [5, 5.41) is 18.2. The van der Waals surface area contributed by atoms with Crippen LogP contribution < -0.4 is 5.63 Å². The van der Waals surface area contributed by atoms with Crippen molar-refractivity contribution in [3.8, 4) is 5.75 Å². The van der Waals surface area contributed by atoms with E-state index in [1.165, 1.54) is 0 Å². The molecular formula is C15H10N2O3. The fourth-order valence-electron chi connectivity index (χ4n) is 1.81. The summed E-state index contributed by atoms with van der Waals surface area (Å²) in [6.07, 6.45) is 0. The third-order valence-corrected chi connectivity index (χ3v) is 2.78. The molecule has 2 aromatic carbocycles. The lowest BCUT2D eigenvalue weighted by atomic mass is 10.2. The summed E-state index contributed by atoms with van der Waals surface area (Å²) in [5.41, 5.74) is -0.0263. The Hall–Kier alpha value is -2.95. The topological polar surface area (TPSA) is 75.2 Å². The predicted octanol–water partition coefficient (Wildman–Crippen LogP) is 3.91. The van der Waals surface area contributed by atoms with Crippen LogP contribution >= 0.6 is 0 Å². The highest BCUT2D eigenvalue weighted by Gasteiger charge is 2.12. The van der Waals surface area contributed by atoms with Crippen molar-refractivity contribution in [2.75, 3.05) is 0 Å². The molecule has 1 N–H and O–H groups in total. The fraction of sp³-hybridized carbons (Fsp3) is 0. The molecule has 1 aromatic heterocycles. The lowest BCUT2D eigenvalue weighted by Gasteiger charge is -2.01. The van der Waals surface area contributed by atoms with Gasteiger partial charge in [-0.2, -0.15) is 5.11 Å². The van der Waals surface area contributed by atoms with Crippen LogP contribution in [-0.2, 0) is 0 Å². The molecule has 0 amide bonds. The maximum atomic E-state index is 11.8. The molecule has 1 heterocycles. The Bertz CT molecular complexity index is 839. The first-order valence-electron chi connectivity index (χ1n) is 5.97. The van der Waals surface area contributed by atoms with Gasteiger partial charge in [-0.25, -0.2) is 4.79 Å². The molecule has 0 aliphatic carbocycles. The number of hydrogen-bond donors (Lipinski definition) is 1. The van der Waals surface area contributed by atoms with Gasteiger partial charge in [-0.05, 0) is 24.3 Å². The van der Waals surface area contributed by atoms with E-state index in [-0.39, 0.29) is 11.4 Å². The van der Waals surface area contributed by atoms with Crippen LogP contribution in [-0.4, -0.2) is 5.11 Å². The minimum Gasteiger partial charge on any atom is -0.505 e. The summed E-state index contributed by atoms with van der Waals surface area (Å²) in [5.74, 6) is -0.225. The van der Waals surface area contributed by atoms with Crippen molar-refractivity contribution in [1.29, 1.82) is 0 Å². The van der Waals surface area contributed by atoms with Crippen LogP contribution in [0.2, 0.25) is 0 Å². The molecule has 0 saturated heterocycles. The number of aromatic hydroxyl groups is 1. The molecule has 0 bridgehead atoms. The monoisotopic (exact) mass is 266 g/mol. The fourth-order valence-corrected chi connectivity index (χ4v) is 1.81. The van der Waals surface area contributed by atoms with Gasteiger partial charge in [0.25, 0.3) is 0 Å². The zero-order valence-corrected chi connectivity index (χ0v) is 10.4. The summed E-state index contributed by atoms with van der Waals surface area (Å²) in [4.78, 5) is 11.8. The van der Waals surface area contributed by atoms with Gasteiger partial charge in [0.2, 0.25) is 5.69 Å². The van der Waals surface area contributed by atoms with Crippen LogP contribution in [0.4, 0.5) is 11.4 Å². The zero-order chi connectivity index (χ0) is 13.9.